The monoisotopic (exact) mass is 464 g/mol. The Morgan fingerprint density at radius 2 is 1.86 bits per heavy atom. The molecule has 0 saturated heterocycles. The number of nitrogens with zero attached hydrogens (tertiary/aromatic N) is 1. The first-order chi connectivity index (χ1) is 17.1. The molecule has 1 amide bonds. The largest absolute Gasteiger partial charge is 0.497 e. The fourth-order valence-corrected chi connectivity index (χ4v) is 3.97. The van der Waals surface area contributed by atoms with E-state index in [0.29, 0.717) is 23.6 Å². The van der Waals surface area contributed by atoms with Gasteiger partial charge in [0.25, 0.3) is 5.91 Å². The van der Waals surface area contributed by atoms with Crippen molar-refractivity contribution in [3.05, 3.63) is 108 Å². The van der Waals surface area contributed by atoms with E-state index in [1.165, 1.54) is 0 Å². The zero-order valence-corrected chi connectivity index (χ0v) is 19.4. The van der Waals surface area contributed by atoms with Gasteiger partial charge < -0.3 is 19.2 Å². The minimum absolute atomic E-state index is 0.161. The lowest BCUT2D eigenvalue weighted by molar-refractivity contribution is 0.0950. The number of hydrogen-bond acceptors (Lipinski definition) is 5. The topological polar surface area (TPSA) is 73.6 Å². The quantitative estimate of drug-likeness (QED) is 0.296. The number of aromatic nitrogens is 1. The fraction of sp³-hybridized carbons (Fsp3) is 0.103. The van der Waals surface area contributed by atoms with Crippen LogP contribution in [-0.4, -0.2) is 18.0 Å². The smallest absolute Gasteiger partial charge is 0.251 e. The second kappa shape index (κ2) is 9.73. The van der Waals surface area contributed by atoms with Gasteiger partial charge >= 0.3 is 0 Å². The molecule has 0 aliphatic heterocycles. The highest BCUT2D eigenvalue weighted by atomic mass is 16.5. The van der Waals surface area contributed by atoms with Crippen LogP contribution in [0.2, 0.25) is 0 Å². The molecule has 0 saturated carbocycles. The molecule has 0 aliphatic rings. The molecule has 0 atom stereocenters. The van der Waals surface area contributed by atoms with Crippen molar-refractivity contribution >= 4 is 16.8 Å². The third-order valence-corrected chi connectivity index (χ3v) is 5.89. The minimum atomic E-state index is -0.161. The fourth-order valence-electron chi connectivity index (χ4n) is 3.97. The zero-order chi connectivity index (χ0) is 24.2. The summed E-state index contributed by atoms with van der Waals surface area (Å²) in [5.74, 6) is 1.84. The third kappa shape index (κ3) is 4.73. The molecule has 0 unspecified atom stereocenters. The lowest BCUT2D eigenvalue weighted by Crippen LogP contribution is -2.23. The number of carbonyl (C=O) groups excluding carboxylic acids is 1. The van der Waals surface area contributed by atoms with Gasteiger partial charge in [-0.2, -0.15) is 0 Å². The van der Waals surface area contributed by atoms with Crippen LogP contribution in [0.5, 0.6) is 17.2 Å². The predicted molar refractivity (Wildman–Crippen MR) is 135 cm³/mol. The number of benzene rings is 3. The van der Waals surface area contributed by atoms with Gasteiger partial charge in [-0.1, -0.05) is 24.3 Å². The molecular formula is C29H24N2O4. The van der Waals surface area contributed by atoms with E-state index in [9.17, 15) is 4.79 Å². The van der Waals surface area contributed by atoms with Crippen molar-refractivity contribution in [3.63, 3.8) is 0 Å². The first kappa shape index (κ1) is 22.2. The molecule has 35 heavy (non-hydrogen) atoms. The summed E-state index contributed by atoms with van der Waals surface area (Å²) in [6.07, 6.45) is 5.04. The van der Waals surface area contributed by atoms with Gasteiger partial charge in [-0.3, -0.25) is 9.78 Å². The van der Waals surface area contributed by atoms with Gasteiger partial charge in [0.05, 0.1) is 25.2 Å². The molecule has 0 spiro atoms. The van der Waals surface area contributed by atoms with E-state index in [2.05, 4.69) is 10.3 Å². The number of fused-ring (bicyclic) bond motifs is 1. The maximum Gasteiger partial charge on any atom is 0.251 e. The summed E-state index contributed by atoms with van der Waals surface area (Å²) in [5.41, 5.74) is 5.14. The summed E-state index contributed by atoms with van der Waals surface area (Å²) in [7, 11) is 1.62. The van der Waals surface area contributed by atoms with Crippen molar-refractivity contribution in [2.75, 3.05) is 7.11 Å². The van der Waals surface area contributed by atoms with Gasteiger partial charge in [0, 0.05) is 40.9 Å². The lowest BCUT2D eigenvalue weighted by atomic mass is 10.0. The SMILES string of the molecule is COc1ccc2c(Oc3cccc(C(=O)NCc4cccc(-c5ccoc5)c4)c3C)ccnc2c1. The van der Waals surface area contributed by atoms with Crippen LogP contribution in [0.15, 0.2) is 95.9 Å². The molecule has 2 aromatic heterocycles. The number of pyridine rings is 1. The van der Waals surface area contributed by atoms with Crippen LogP contribution in [0.1, 0.15) is 21.5 Å². The van der Waals surface area contributed by atoms with Gasteiger partial charge in [-0.15, -0.1) is 0 Å². The summed E-state index contributed by atoms with van der Waals surface area (Å²) < 4.78 is 16.7. The third-order valence-electron chi connectivity index (χ3n) is 5.89. The van der Waals surface area contributed by atoms with Gasteiger partial charge in [0.1, 0.15) is 17.2 Å². The van der Waals surface area contributed by atoms with Crippen molar-refractivity contribution in [3.8, 4) is 28.4 Å². The van der Waals surface area contributed by atoms with Crippen molar-refractivity contribution in [1.29, 1.82) is 0 Å². The van der Waals surface area contributed by atoms with E-state index in [0.717, 1.165) is 38.9 Å². The summed E-state index contributed by atoms with van der Waals surface area (Å²) in [4.78, 5) is 17.4. The van der Waals surface area contributed by atoms with Gasteiger partial charge in [-0.05, 0) is 60.5 Å². The van der Waals surface area contributed by atoms with Gasteiger partial charge in [0.15, 0.2) is 0 Å². The van der Waals surface area contributed by atoms with E-state index < -0.39 is 0 Å². The van der Waals surface area contributed by atoms with E-state index >= 15 is 0 Å². The van der Waals surface area contributed by atoms with Crippen molar-refractivity contribution in [1.82, 2.24) is 10.3 Å². The summed E-state index contributed by atoms with van der Waals surface area (Å²) in [6.45, 7) is 2.29. The first-order valence-electron chi connectivity index (χ1n) is 11.2. The summed E-state index contributed by atoms with van der Waals surface area (Å²) >= 11 is 0. The Hall–Kier alpha value is -4.58. The van der Waals surface area contributed by atoms with Crippen LogP contribution < -0.4 is 14.8 Å². The minimum Gasteiger partial charge on any atom is -0.497 e. The molecule has 2 heterocycles. The number of carbonyl (C=O) groups is 1. The Morgan fingerprint density at radius 3 is 2.69 bits per heavy atom. The van der Waals surface area contributed by atoms with E-state index in [-0.39, 0.29) is 5.91 Å². The van der Waals surface area contributed by atoms with Crippen molar-refractivity contribution in [2.45, 2.75) is 13.5 Å². The summed E-state index contributed by atoms with van der Waals surface area (Å²) in [5, 5.41) is 3.88. The Labute approximate surface area is 203 Å². The highest BCUT2D eigenvalue weighted by molar-refractivity contribution is 5.96. The normalized spacial score (nSPS) is 10.8. The zero-order valence-electron chi connectivity index (χ0n) is 19.4. The van der Waals surface area contributed by atoms with Crippen molar-refractivity contribution < 1.29 is 18.7 Å². The summed E-state index contributed by atoms with van der Waals surface area (Å²) in [6, 6.07) is 22.9. The Morgan fingerprint density at radius 1 is 0.971 bits per heavy atom. The molecular weight excluding hydrogens is 440 g/mol. The number of ether oxygens (including phenoxy) is 2. The predicted octanol–water partition coefficient (Wildman–Crippen LogP) is 6.53. The van der Waals surface area contributed by atoms with Crippen LogP contribution in [0.4, 0.5) is 0 Å². The highest BCUT2D eigenvalue weighted by Gasteiger charge is 2.14. The maximum atomic E-state index is 13.0. The Kier molecular flexibility index (Phi) is 6.18. The number of rotatable bonds is 7. The molecule has 174 valence electrons. The molecule has 1 N–H and O–H groups in total. The van der Waals surface area contributed by atoms with E-state index in [4.69, 9.17) is 13.9 Å². The number of methoxy groups -OCH3 is 1. The molecule has 6 nitrogen and oxygen atoms in total. The van der Waals surface area contributed by atoms with E-state index in [1.807, 2.05) is 73.7 Å². The second-order valence-corrected chi connectivity index (χ2v) is 8.12. The Bertz CT molecular complexity index is 1490. The number of hydrogen-bond donors (Lipinski definition) is 1. The number of nitrogens with one attached hydrogen (secondary N) is 1. The molecule has 0 bridgehead atoms. The average Bonchev–Trinajstić information content (AvgIpc) is 3.44. The highest BCUT2D eigenvalue weighted by Crippen LogP contribution is 2.33. The van der Waals surface area contributed by atoms with Crippen LogP contribution in [0, 0.1) is 6.92 Å². The first-order valence-corrected chi connectivity index (χ1v) is 11.2. The Balaban J connectivity index is 1.34. The van der Waals surface area contributed by atoms with Crippen LogP contribution in [0.3, 0.4) is 0 Å². The van der Waals surface area contributed by atoms with Crippen LogP contribution in [0.25, 0.3) is 22.0 Å². The lowest BCUT2D eigenvalue weighted by Gasteiger charge is -2.14. The molecule has 0 fully saturated rings. The number of amides is 1. The van der Waals surface area contributed by atoms with Gasteiger partial charge in [0.2, 0.25) is 0 Å². The second-order valence-electron chi connectivity index (χ2n) is 8.12. The molecule has 5 rings (SSSR count). The van der Waals surface area contributed by atoms with Crippen LogP contribution >= 0.6 is 0 Å². The molecule has 3 aromatic carbocycles. The maximum absolute atomic E-state index is 13.0. The van der Waals surface area contributed by atoms with E-state index in [1.54, 1.807) is 31.9 Å². The molecule has 0 radical (unpaired) electrons. The average molecular weight is 465 g/mol. The van der Waals surface area contributed by atoms with Crippen LogP contribution in [-0.2, 0) is 6.54 Å². The van der Waals surface area contributed by atoms with Crippen molar-refractivity contribution in [2.24, 2.45) is 0 Å². The molecule has 0 aliphatic carbocycles. The standard InChI is InChI=1S/C29H24N2O4/c1-19-24(29(32)31-17-20-5-3-6-21(15-20)22-12-14-34-18-22)7-4-8-27(19)35-28-11-13-30-26-16-23(33-2)9-10-25(26)28/h3-16,18H,17H2,1-2H3,(H,31,32). The molecule has 6 heteroatoms. The van der Waals surface area contributed by atoms with Gasteiger partial charge in [-0.25, -0.2) is 0 Å². The number of furan rings is 1. The molecule has 5 aromatic rings.